The van der Waals surface area contributed by atoms with E-state index in [9.17, 15) is 4.79 Å². The maximum Gasteiger partial charge on any atom is 0.224 e. The first-order valence-corrected chi connectivity index (χ1v) is 9.85. The summed E-state index contributed by atoms with van der Waals surface area (Å²) in [6, 6.07) is 6.03. The number of carbonyl (C=O) groups is 1. The molecule has 130 valence electrons. The minimum absolute atomic E-state index is 0.198. The number of aryl methyl sites for hydroxylation is 1. The molecular weight excluding hydrogens is 334 g/mol. The number of thioether (sulfide) groups is 1. The molecule has 0 bridgehead atoms. The van der Waals surface area contributed by atoms with E-state index in [0.29, 0.717) is 18.4 Å². The number of aromatic nitrogens is 3. The molecule has 7 heteroatoms. The molecule has 3 aliphatic rings. The van der Waals surface area contributed by atoms with E-state index in [1.165, 1.54) is 0 Å². The molecule has 0 spiro atoms. The second-order valence-corrected chi connectivity index (χ2v) is 8.21. The molecule has 25 heavy (non-hydrogen) atoms. The fourth-order valence-electron chi connectivity index (χ4n) is 4.19. The summed E-state index contributed by atoms with van der Waals surface area (Å²) in [5, 5.41) is 4.17. The molecule has 1 N–H and O–H groups in total. The summed E-state index contributed by atoms with van der Waals surface area (Å²) in [5.74, 6) is 2.55. The molecule has 6 nitrogen and oxygen atoms in total. The van der Waals surface area contributed by atoms with Crippen molar-refractivity contribution in [3.05, 3.63) is 42.0 Å². The molecule has 3 atom stereocenters. The molecule has 1 aliphatic carbocycles. The highest BCUT2D eigenvalue weighted by molar-refractivity contribution is 7.99. The van der Waals surface area contributed by atoms with Gasteiger partial charge in [-0.2, -0.15) is 0 Å². The number of nitrogens with zero attached hydrogens (tertiary/aromatic N) is 4. The van der Waals surface area contributed by atoms with E-state index in [4.69, 9.17) is 0 Å². The zero-order valence-corrected chi connectivity index (χ0v) is 14.8. The molecule has 4 heterocycles. The van der Waals surface area contributed by atoms with Gasteiger partial charge in [0.15, 0.2) is 5.16 Å². The number of imidazole rings is 1. The number of hydrogen-bond donors (Lipinski definition) is 1. The maximum atomic E-state index is 12.5. The zero-order chi connectivity index (χ0) is 16.8. The van der Waals surface area contributed by atoms with Gasteiger partial charge in [-0.05, 0) is 24.0 Å². The standard InChI is InChI=1S/C18H21N5OS/c24-17(20-7-13-9-23-5-6-25-18(23)21-13)16-14-10-22(11-15(14)16)8-12-3-1-2-4-19-12/h1-4,9,14-16H,5-8,10-11H2,(H,20,24)/t14-,15+,16?. The van der Waals surface area contributed by atoms with E-state index in [-0.39, 0.29) is 11.8 Å². The lowest BCUT2D eigenvalue weighted by Gasteiger charge is -2.18. The molecule has 2 aromatic rings. The van der Waals surface area contributed by atoms with Gasteiger partial charge < -0.3 is 9.88 Å². The summed E-state index contributed by atoms with van der Waals surface area (Å²) < 4.78 is 2.17. The molecule has 2 aromatic heterocycles. The number of nitrogens with one attached hydrogen (secondary N) is 1. The molecule has 1 amide bonds. The fraction of sp³-hybridized carbons (Fsp3) is 0.500. The Balaban J connectivity index is 1.10. The predicted molar refractivity (Wildman–Crippen MR) is 94.8 cm³/mol. The van der Waals surface area contributed by atoms with Gasteiger partial charge in [0.05, 0.1) is 17.9 Å². The first-order valence-electron chi connectivity index (χ1n) is 8.87. The van der Waals surface area contributed by atoms with Gasteiger partial charge in [0, 0.05) is 50.2 Å². The predicted octanol–water partition coefficient (Wildman–Crippen LogP) is 1.38. The number of amides is 1. The minimum atomic E-state index is 0.198. The van der Waals surface area contributed by atoms with Crippen molar-refractivity contribution in [2.45, 2.75) is 24.8 Å². The SMILES string of the molecule is O=C(NCc1cn2c(n1)SCC2)C1[C@H]2CN(Cc3ccccn3)C[C@@H]12. The third-order valence-electron chi connectivity index (χ3n) is 5.48. The second-order valence-electron chi connectivity index (χ2n) is 7.14. The van der Waals surface area contributed by atoms with Gasteiger partial charge in [-0.15, -0.1) is 0 Å². The van der Waals surface area contributed by atoms with Crippen LogP contribution in [0.4, 0.5) is 0 Å². The van der Waals surface area contributed by atoms with Crippen molar-refractivity contribution >= 4 is 17.7 Å². The Kier molecular flexibility index (Phi) is 3.78. The van der Waals surface area contributed by atoms with Crippen LogP contribution in [0, 0.1) is 17.8 Å². The summed E-state index contributed by atoms with van der Waals surface area (Å²) in [6.07, 6.45) is 3.91. The van der Waals surface area contributed by atoms with Gasteiger partial charge >= 0.3 is 0 Å². The smallest absolute Gasteiger partial charge is 0.224 e. The van der Waals surface area contributed by atoms with Crippen molar-refractivity contribution in [2.75, 3.05) is 18.8 Å². The molecule has 0 aromatic carbocycles. The monoisotopic (exact) mass is 355 g/mol. The Morgan fingerprint density at radius 3 is 2.92 bits per heavy atom. The van der Waals surface area contributed by atoms with Crippen molar-refractivity contribution in [1.82, 2.24) is 24.8 Å². The number of rotatable bonds is 5. The van der Waals surface area contributed by atoms with Crippen LogP contribution in [0.5, 0.6) is 0 Å². The fourth-order valence-corrected chi connectivity index (χ4v) is 5.16. The topological polar surface area (TPSA) is 63.1 Å². The van der Waals surface area contributed by atoms with Crippen molar-refractivity contribution < 1.29 is 4.79 Å². The number of piperidine rings is 1. The highest BCUT2D eigenvalue weighted by Gasteiger charge is 2.59. The molecule has 2 fully saturated rings. The Hall–Kier alpha value is -1.86. The molecule has 1 saturated carbocycles. The van der Waals surface area contributed by atoms with Crippen LogP contribution >= 0.6 is 11.8 Å². The quantitative estimate of drug-likeness (QED) is 0.878. The minimum Gasteiger partial charge on any atom is -0.350 e. The molecule has 1 unspecified atom stereocenters. The lowest BCUT2D eigenvalue weighted by molar-refractivity contribution is -0.123. The summed E-state index contributed by atoms with van der Waals surface area (Å²) >= 11 is 1.78. The Bertz CT molecular complexity index is 759. The number of pyridine rings is 1. The first kappa shape index (κ1) is 15.4. The number of fused-ring (bicyclic) bond motifs is 2. The lowest BCUT2D eigenvalue weighted by atomic mass is 10.2. The van der Waals surface area contributed by atoms with E-state index in [0.717, 1.165) is 48.5 Å². The van der Waals surface area contributed by atoms with E-state index in [1.54, 1.807) is 11.8 Å². The van der Waals surface area contributed by atoms with Crippen LogP contribution in [-0.4, -0.2) is 44.2 Å². The average Bonchev–Trinajstić information content (AvgIpc) is 3.00. The van der Waals surface area contributed by atoms with Gasteiger partial charge in [0.25, 0.3) is 0 Å². The van der Waals surface area contributed by atoms with Crippen LogP contribution in [0.15, 0.2) is 35.7 Å². The van der Waals surface area contributed by atoms with Crippen molar-refractivity contribution in [1.29, 1.82) is 0 Å². The van der Waals surface area contributed by atoms with Crippen LogP contribution in [-0.2, 0) is 24.4 Å². The van der Waals surface area contributed by atoms with E-state index < -0.39 is 0 Å². The van der Waals surface area contributed by atoms with E-state index >= 15 is 0 Å². The maximum absolute atomic E-state index is 12.5. The van der Waals surface area contributed by atoms with Crippen LogP contribution in [0.1, 0.15) is 11.4 Å². The molecule has 1 saturated heterocycles. The Morgan fingerprint density at radius 1 is 1.28 bits per heavy atom. The summed E-state index contributed by atoms with van der Waals surface area (Å²) in [6.45, 7) is 4.48. The van der Waals surface area contributed by atoms with Crippen molar-refractivity contribution in [2.24, 2.45) is 17.8 Å². The molecule has 0 radical (unpaired) electrons. The van der Waals surface area contributed by atoms with Gasteiger partial charge in [-0.1, -0.05) is 17.8 Å². The first-order chi connectivity index (χ1) is 12.3. The zero-order valence-electron chi connectivity index (χ0n) is 14.0. The summed E-state index contributed by atoms with van der Waals surface area (Å²) in [5.41, 5.74) is 2.08. The number of likely N-dealkylation sites (tertiary alicyclic amines) is 1. The van der Waals surface area contributed by atoms with Crippen LogP contribution in [0.3, 0.4) is 0 Å². The van der Waals surface area contributed by atoms with Gasteiger partial charge in [-0.3, -0.25) is 14.7 Å². The van der Waals surface area contributed by atoms with Gasteiger partial charge in [-0.25, -0.2) is 4.98 Å². The van der Waals surface area contributed by atoms with Gasteiger partial charge in [0.2, 0.25) is 5.91 Å². The van der Waals surface area contributed by atoms with Crippen LogP contribution in [0.25, 0.3) is 0 Å². The third kappa shape index (κ3) is 2.95. The normalized spacial score (nSPS) is 27.1. The van der Waals surface area contributed by atoms with Crippen molar-refractivity contribution in [3.8, 4) is 0 Å². The average molecular weight is 355 g/mol. The summed E-state index contributed by atoms with van der Waals surface area (Å²) in [7, 11) is 0. The summed E-state index contributed by atoms with van der Waals surface area (Å²) in [4.78, 5) is 23.8. The highest BCUT2D eigenvalue weighted by Crippen LogP contribution is 2.52. The van der Waals surface area contributed by atoms with E-state index in [2.05, 4.69) is 37.0 Å². The van der Waals surface area contributed by atoms with Crippen molar-refractivity contribution in [3.63, 3.8) is 0 Å². The van der Waals surface area contributed by atoms with E-state index in [1.807, 2.05) is 18.3 Å². The van der Waals surface area contributed by atoms with Gasteiger partial charge in [0.1, 0.15) is 0 Å². The lowest BCUT2D eigenvalue weighted by Crippen LogP contribution is -2.31. The highest BCUT2D eigenvalue weighted by atomic mass is 32.2. The molecular formula is C18H21N5OS. The number of carbonyl (C=O) groups excluding carboxylic acids is 1. The van der Waals surface area contributed by atoms with Crippen LogP contribution < -0.4 is 5.32 Å². The van der Waals surface area contributed by atoms with Crippen LogP contribution in [0.2, 0.25) is 0 Å². The largest absolute Gasteiger partial charge is 0.350 e. The third-order valence-corrected chi connectivity index (χ3v) is 6.45. The Morgan fingerprint density at radius 2 is 2.16 bits per heavy atom. The molecule has 5 rings (SSSR count). The number of hydrogen-bond acceptors (Lipinski definition) is 5. The second kappa shape index (κ2) is 6.14. The molecule has 2 aliphatic heterocycles. The Labute approximate surface area is 151 Å².